The zero-order valence-electron chi connectivity index (χ0n) is 14.3. The maximum atomic E-state index is 12.1. The third-order valence-corrected chi connectivity index (χ3v) is 5.06. The number of carbonyl (C=O) groups excluding carboxylic acids is 1. The Kier molecular flexibility index (Phi) is 5.96. The summed E-state index contributed by atoms with van der Waals surface area (Å²) in [5, 5.41) is 7.59. The Bertz CT molecular complexity index is 724. The average Bonchev–Trinajstić information content (AvgIpc) is 2.98. The van der Waals surface area contributed by atoms with Crippen LogP contribution in [-0.4, -0.2) is 23.7 Å². The van der Waals surface area contributed by atoms with Crippen LogP contribution in [0.2, 0.25) is 0 Å². The molecule has 1 heterocycles. The van der Waals surface area contributed by atoms with Gasteiger partial charge in [-0.15, -0.1) is 11.3 Å². The fourth-order valence-electron chi connectivity index (χ4n) is 2.02. The molecule has 0 saturated heterocycles. The average molecular weight is 363 g/mol. The minimum Gasteiger partial charge on any atom is -0.465 e. The van der Waals surface area contributed by atoms with Crippen LogP contribution in [0, 0.1) is 0 Å². The van der Waals surface area contributed by atoms with Crippen molar-refractivity contribution in [2.75, 3.05) is 12.4 Å². The first-order chi connectivity index (χ1) is 11.4. The van der Waals surface area contributed by atoms with Crippen LogP contribution in [0.15, 0.2) is 36.4 Å². The van der Waals surface area contributed by atoms with Gasteiger partial charge in [-0.05, 0) is 44.1 Å². The number of thiophene rings is 1. The Morgan fingerprint density at radius 2 is 1.96 bits per heavy atom. The predicted octanol–water partition coefficient (Wildman–Crippen LogP) is 4.68. The van der Waals surface area contributed by atoms with Gasteiger partial charge in [-0.1, -0.05) is 37.3 Å². The highest BCUT2D eigenvalue weighted by atomic mass is 32.1. The fraction of sp³-hybridized carbons (Fsp3) is 0.333. The summed E-state index contributed by atoms with van der Waals surface area (Å²) in [6.07, 6.45) is 0.929. The van der Waals surface area contributed by atoms with Crippen molar-refractivity contribution < 1.29 is 9.53 Å². The number of methoxy groups -OCH3 is 1. The SMILES string of the molecule is CCC(C)(C)NC(=S)Nc1sc(-c2ccccc2)cc1C(=O)OC. The molecule has 0 fully saturated rings. The molecule has 6 heteroatoms. The lowest BCUT2D eigenvalue weighted by Crippen LogP contribution is -2.44. The molecule has 128 valence electrons. The van der Waals surface area contributed by atoms with E-state index in [-0.39, 0.29) is 11.5 Å². The Labute approximate surface area is 152 Å². The summed E-state index contributed by atoms with van der Waals surface area (Å²) < 4.78 is 4.89. The van der Waals surface area contributed by atoms with Gasteiger partial charge in [0.2, 0.25) is 0 Å². The van der Waals surface area contributed by atoms with Crippen LogP contribution in [0.1, 0.15) is 37.6 Å². The van der Waals surface area contributed by atoms with Crippen LogP contribution in [0.4, 0.5) is 5.00 Å². The number of hydrogen-bond acceptors (Lipinski definition) is 4. The Morgan fingerprint density at radius 1 is 1.29 bits per heavy atom. The third kappa shape index (κ3) is 4.55. The number of nitrogens with one attached hydrogen (secondary N) is 2. The molecule has 2 aromatic rings. The molecule has 2 rings (SSSR count). The largest absolute Gasteiger partial charge is 0.465 e. The number of benzene rings is 1. The fourth-order valence-corrected chi connectivity index (χ4v) is 3.52. The zero-order chi connectivity index (χ0) is 17.7. The van der Waals surface area contributed by atoms with Gasteiger partial charge in [0.25, 0.3) is 0 Å². The quantitative estimate of drug-likeness (QED) is 0.598. The number of carbonyl (C=O) groups is 1. The smallest absolute Gasteiger partial charge is 0.340 e. The van der Waals surface area contributed by atoms with Crippen molar-refractivity contribution in [1.29, 1.82) is 0 Å². The van der Waals surface area contributed by atoms with Gasteiger partial charge in [0.15, 0.2) is 5.11 Å². The van der Waals surface area contributed by atoms with E-state index in [2.05, 4.69) is 31.4 Å². The van der Waals surface area contributed by atoms with Gasteiger partial charge in [0, 0.05) is 10.4 Å². The summed E-state index contributed by atoms with van der Waals surface area (Å²) in [6, 6.07) is 11.7. The molecule has 0 saturated carbocycles. The van der Waals surface area contributed by atoms with Crippen LogP contribution in [-0.2, 0) is 4.74 Å². The molecule has 0 bridgehead atoms. The highest BCUT2D eigenvalue weighted by Gasteiger charge is 2.20. The summed E-state index contributed by atoms with van der Waals surface area (Å²) in [5.41, 5.74) is 1.42. The maximum absolute atomic E-state index is 12.1. The van der Waals surface area contributed by atoms with E-state index in [4.69, 9.17) is 17.0 Å². The van der Waals surface area contributed by atoms with E-state index in [1.165, 1.54) is 18.4 Å². The standard InChI is InChI=1S/C18H22N2O2S2/c1-5-18(2,3)20-17(23)19-15-13(16(21)22-4)11-14(24-15)12-9-7-6-8-10-12/h6-11H,5H2,1-4H3,(H2,19,20,23). The van der Waals surface area contributed by atoms with Crippen molar-refractivity contribution in [3.05, 3.63) is 42.0 Å². The topological polar surface area (TPSA) is 50.4 Å². The lowest BCUT2D eigenvalue weighted by molar-refractivity contribution is 0.0602. The van der Waals surface area contributed by atoms with Crippen LogP contribution in [0.5, 0.6) is 0 Å². The number of ether oxygens (including phenoxy) is 1. The van der Waals surface area contributed by atoms with Crippen molar-refractivity contribution in [2.24, 2.45) is 0 Å². The highest BCUT2D eigenvalue weighted by Crippen LogP contribution is 2.35. The minimum absolute atomic E-state index is 0.116. The summed E-state index contributed by atoms with van der Waals surface area (Å²) in [7, 11) is 1.38. The van der Waals surface area contributed by atoms with E-state index in [0.717, 1.165) is 16.9 Å². The van der Waals surface area contributed by atoms with Gasteiger partial charge in [0.1, 0.15) is 5.00 Å². The second-order valence-electron chi connectivity index (χ2n) is 6.03. The second-order valence-corrected chi connectivity index (χ2v) is 7.49. The lowest BCUT2D eigenvalue weighted by Gasteiger charge is -2.26. The van der Waals surface area contributed by atoms with E-state index in [1.807, 2.05) is 36.4 Å². The summed E-state index contributed by atoms with van der Waals surface area (Å²) in [5.74, 6) is -0.381. The van der Waals surface area contributed by atoms with Gasteiger partial charge in [0.05, 0.1) is 12.7 Å². The summed E-state index contributed by atoms with van der Waals surface area (Å²) in [4.78, 5) is 13.1. The molecule has 4 nitrogen and oxygen atoms in total. The molecule has 0 atom stereocenters. The van der Waals surface area contributed by atoms with Crippen LogP contribution in [0.3, 0.4) is 0 Å². The number of rotatable bonds is 5. The van der Waals surface area contributed by atoms with Gasteiger partial charge in [-0.3, -0.25) is 0 Å². The van der Waals surface area contributed by atoms with E-state index >= 15 is 0 Å². The van der Waals surface area contributed by atoms with E-state index in [1.54, 1.807) is 0 Å². The zero-order valence-corrected chi connectivity index (χ0v) is 15.9. The minimum atomic E-state index is -0.381. The summed E-state index contributed by atoms with van der Waals surface area (Å²) >= 11 is 6.87. The Morgan fingerprint density at radius 3 is 2.54 bits per heavy atom. The monoisotopic (exact) mass is 362 g/mol. The number of hydrogen-bond donors (Lipinski definition) is 2. The number of anilines is 1. The van der Waals surface area contributed by atoms with Gasteiger partial charge in [-0.2, -0.15) is 0 Å². The highest BCUT2D eigenvalue weighted by molar-refractivity contribution is 7.80. The molecule has 24 heavy (non-hydrogen) atoms. The second kappa shape index (κ2) is 7.77. The first-order valence-corrected chi connectivity index (χ1v) is 8.95. The molecule has 0 unspecified atom stereocenters. The third-order valence-electron chi connectivity index (χ3n) is 3.76. The molecular weight excluding hydrogens is 340 g/mol. The normalized spacial score (nSPS) is 11.0. The number of esters is 1. The van der Waals surface area contributed by atoms with Gasteiger partial charge in [-0.25, -0.2) is 4.79 Å². The maximum Gasteiger partial charge on any atom is 0.340 e. The molecule has 0 radical (unpaired) electrons. The number of thiocarbonyl (C=S) groups is 1. The van der Waals surface area contributed by atoms with Crippen molar-refractivity contribution in [3.63, 3.8) is 0 Å². The van der Waals surface area contributed by atoms with E-state index in [0.29, 0.717) is 15.7 Å². The first kappa shape index (κ1) is 18.4. The molecule has 0 aliphatic rings. The van der Waals surface area contributed by atoms with Crippen LogP contribution >= 0.6 is 23.6 Å². The van der Waals surface area contributed by atoms with Crippen LogP contribution < -0.4 is 10.6 Å². The molecule has 0 amide bonds. The Balaban J connectivity index is 2.29. The molecule has 1 aromatic heterocycles. The van der Waals surface area contributed by atoms with Gasteiger partial charge < -0.3 is 15.4 Å². The Hall–Kier alpha value is -1.92. The van der Waals surface area contributed by atoms with Crippen molar-refractivity contribution in [3.8, 4) is 10.4 Å². The molecule has 0 spiro atoms. The first-order valence-electron chi connectivity index (χ1n) is 7.73. The van der Waals surface area contributed by atoms with E-state index < -0.39 is 0 Å². The molecule has 0 aliphatic carbocycles. The molecule has 0 aliphatic heterocycles. The molecular formula is C18H22N2O2S2. The van der Waals surface area contributed by atoms with Crippen molar-refractivity contribution in [2.45, 2.75) is 32.7 Å². The summed E-state index contributed by atoms with van der Waals surface area (Å²) in [6.45, 7) is 6.24. The molecule has 2 N–H and O–H groups in total. The van der Waals surface area contributed by atoms with Crippen LogP contribution in [0.25, 0.3) is 10.4 Å². The van der Waals surface area contributed by atoms with E-state index in [9.17, 15) is 4.79 Å². The predicted molar refractivity (Wildman–Crippen MR) is 105 cm³/mol. The van der Waals surface area contributed by atoms with Crippen molar-refractivity contribution in [1.82, 2.24) is 5.32 Å². The van der Waals surface area contributed by atoms with Crippen molar-refractivity contribution >= 4 is 39.6 Å². The lowest BCUT2D eigenvalue weighted by atomic mass is 10.0. The molecule has 1 aromatic carbocycles. The van der Waals surface area contributed by atoms with Gasteiger partial charge >= 0.3 is 5.97 Å².